The van der Waals surface area contributed by atoms with Crippen LogP contribution in [-0.2, 0) is 19.4 Å². The molecule has 3 aromatic carbocycles. The highest BCUT2D eigenvalue weighted by Gasteiger charge is 2.40. The zero-order chi connectivity index (χ0) is 24.3. The van der Waals surface area contributed by atoms with E-state index in [2.05, 4.69) is 5.32 Å². The molecule has 0 aromatic heterocycles. The van der Waals surface area contributed by atoms with E-state index < -0.39 is 26.9 Å². The van der Waals surface area contributed by atoms with Crippen LogP contribution in [0, 0.1) is 0 Å². The molecule has 1 aliphatic rings. The summed E-state index contributed by atoms with van der Waals surface area (Å²) in [5.74, 6) is -0.102. The van der Waals surface area contributed by atoms with Crippen LogP contribution in [0.1, 0.15) is 17.2 Å². The lowest BCUT2D eigenvalue weighted by molar-refractivity contribution is -0.121. The van der Waals surface area contributed by atoms with Gasteiger partial charge in [0.2, 0.25) is 11.8 Å². The van der Waals surface area contributed by atoms with Crippen molar-refractivity contribution in [1.82, 2.24) is 0 Å². The number of carbonyl (C=O) groups is 2. The van der Waals surface area contributed by atoms with E-state index in [-0.39, 0.29) is 23.5 Å². The summed E-state index contributed by atoms with van der Waals surface area (Å²) in [6.07, 6.45) is -0.328. The number of methoxy groups -OCH3 is 2. The molecule has 2 amide bonds. The van der Waals surface area contributed by atoms with E-state index in [0.29, 0.717) is 22.7 Å². The topological polar surface area (TPSA) is 102 Å². The third kappa shape index (κ3) is 4.47. The first-order valence-corrected chi connectivity index (χ1v) is 12.1. The van der Waals surface area contributed by atoms with Crippen LogP contribution in [0.2, 0.25) is 0 Å². The van der Waals surface area contributed by atoms with Crippen LogP contribution in [0.25, 0.3) is 0 Å². The molecule has 34 heavy (non-hydrogen) atoms. The Bertz CT molecular complexity index is 1320. The molecule has 176 valence electrons. The van der Waals surface area contributed by atoms with Crippen molar-refractivity contribution in [2.24, 2.45) is 0 Å². The minimum Gasteiger partial charge on any atom is -0.493 e. The molecule has 4 rings (SSSR count). The Morgan fingerprint density at radius 1 is 0.971 bits per heavy atom. The first-order valence-electron chi connectivity index (χ1n) is 10.5. The minimum absolute atomic E-state index is 0.00635. The molecule has 0 fully saturated rings. The molecule has 1 heterocycles. The normalized spacial score (nSPS) is 16.8. The van der Waals surface area contributed by atoms with Crippen molar-refractivity contribution in [3.05, 3.63) is 78.4 Å². The van der Waals surface area contributed by atoms with Crippen molar-refractivity contribution in [3.8, 4) is 11.5 Å². The van der Waals surface area contributed by atoms with Gasteiger partial charge in [-0.1, -0.05) is 36.4 Å². The van der Waals surface area contributed by atoms with Crippen LogP contribution in [-0.4, -0.2) is 41.0 Å². The van der Waals surface area contributed by atoms with E-state index in [9.17, 15) is 18.0 Å². The maximum atomic E-state index is 13.7. The average Bonchev–Trinajstić information content (AvgIpc) is 2.93. The molecule has 0 aliphatic carbocycles. The summed E-state index contributed by atoms with van der Waals surface area (Å²) in [4.78, 5) is 27.3. The maximum absolute atomic E-state index is 13.7. The maximum Gasteiger partial charge on any atom is 0.244 e. The molecule has 1 atom stereocenters. The van der Waals surface area contributed by atoms with E-state index in [4.69, 9.17) is 9.47 Å². The van der Waals surface area contributed by atoms with Gasteiger partial charge >= 0.3 is 0 Å². The monoisotopic (exact) mass is 480 g/mol. The summed E-state index contributed by atoms with van der Waals surface area (Å²) in [6, 6.07) is 19.9. The zero-order valence-corrected chi connectivity index (χ0v) is 19.5. The number of hydrogen-bond acceptors (Lipinski definition) is 6. The molecule has 0 radical (unpaired) electrons. The van der Waals surface area contributed by atoms with Crippen molar-refractivity contribution in [1.29, 1.82) is 0 Å². The zero-order valence-electron chi connectivity index (χ0n) is 18.7. The molecule has 0 saturated heterocycles. The number of carbonyl (C=O) groups excluding carboxylic acids is 2. The summed E-state index contributed by atoms with van der Waals surface area (Å²) < 4.78 is 38.0. The highest BCUT2D eigenvalue weighted by molar-refractivity contribution is 7.92. The molecule has 9 heteroatoms. The predicted molar refractivity (Wildman–Crippen MR) is 128 cm³/mol. The number of nitrogens with one attached hydrogen (secondary N) is 1. The molecule has 0 saturated carbocycles. The molecule has 0 bridgehead atoms. The number of anilines is 2. The number of ether oxygens (including phenoxy) is 2. The van der Waals surface area contributed by atoms with Crippen LogP contribution in [0.4, 0.5) is 11.4 Å². The first kappa shape index (κ1) is 23.3. The van der Waals surface area contributed by atoms with E-state index in [1.165, 1.54) is 31.3 Å². The lowest BCUT2D eigenvalue weighted by Crippen LogP contribution is -2.38. The third-order valence-electron chi connectivity index (χ3n) is 5.64. The molecule has 0 unspecified atom stereocenters. The summed E-state index contributed by atoms with van der Waals surface area (Å²) in [6.45, 7) is -0.321. The SMILES string of the molecule is COc1ccc([C@@H]2CC(=O)N(CC(=O)Nc3ccccc3)c3ccccc3S2(=O)=O)cc1OC. The van der Waals surface area contributed by atoms with E-state index >= 15 is 0 Å². The summed E-state index contributed by atoms with van der Waals surface area (Å²) in [5.41, 5.74) is 1.16. The van der Waals surface area contributed by atoms with Crippen molar-refractivity contribution in [3.63, 3.8) is 0 Å². The van der Waals surface area contributed by atoms with Gasteiger partial charge in [-0.05, 0) is 42.0 Å². The van der Waals surface area contributed by atoms with Gasteiger partial charge in [-0.25, -0.2) is 8.42 Å². The number of fused-ring (bicyclic) bond motifs is 1. The molecular weight excluding hydrogens is 456 g/mol. The fourth-order valence-electron chi connectivity index (χ4n) is 3.98. The molecular formula is C25H24N2O6S. The second-order valence-electron chi connectivity index (χ2n) is 7.71. The smallest absolute Gasteiger partial charge is 0.244 e. The Morgan fingerprint density at radius 3 is 2.35 bits per heavy atom. The Balaban J connectivity index is 1.72. The van der Waals surface area contributed by atoms with Gasteiger partial charge in [0.15, 0.2) is 21.3 Å². The Morgan fingerprint density at radius 2 is 1.65 bits per heavy atom. The van der Waals surface area contributed by atoms with Crippen molar-refractivity contribution in [2.45, 2.75) is 16.6 Å². The van der Waals surface area contributed by atoms with Crippen molar-refractivity contribution in [2.75, 3.05) is 31.0 Å². The average molecular weight is 481 g/mol. The van der Waals surface area contributed by atoms with Gasteiger partial charge in [0.25, 0.3) is 0 Å². The summed E-state index contributed by atoms with van der Waals surface area (Å²) in [5, 5.41) is 1.59. The van der Waals surface area contributed by atoms with Gasteiger partial charge < -0.3 is 19.7 Å². The minimum atomic E-state index is -3.97. The molecule has 0 spiro atoms. The highest BCUT2D eigenvalue weighted by Crippen LogP contribution is 2.42. The van der Waals surface area contributed by atoms with Crippen LogP contribution >= 0.6 is 0 Å². The van der Waals surface area contributed by atoms with Crippen LogP contribution in [0.15, 0.2) is 77.7 Å². The number of amides is 2. The van der Waals surface area contributed by atoms with E-state index in [0.717, 1.165) is 0 Å². The van der Waals surface area contributed by atoms with E-state index in [1.54, 1.807) is 54.6 Å². The quantitative estimate of drug-likeness (QED) is 0.579. The Kier molecular flexibility index (Phi) is 6.56. The fourth-order valence-corrected chi connectivity index (χ4v) is 5.89. The molecule has 8 nitrogen and oxygen atoms in total. The van der Waals surface area contributed by atoms with Crippen LogP contribution in [0.5, 0.6) is 11.5 Å². The largest absolute Gasteiger partial charge is 0.493 e. The highest BCUT2D eigenvalue weighted by atomic mass is 32.2. The first-order chi connectivity index (χ1) is 16.3. The molecule has 1 N–H and O–H groups in total. The second kappa shape index (κ2) is 9.56. The lowest BCUT2D eigenvalue weighted by atomic mass is 10.1. The summed E-state index contributed by atoms with van der Waals surface area (Å²) in [7, 11) is -1.03. The van der Waals surface area contributed by atoms with E-state index in [1.807, 2.05) is 6.07 Å². The van der Waals surface area contributed by atoms with Crippen LogP contribution in [0.3, 0.4) is 0 Å². The number of rotatable bonds is 6. The Hall–Kier alpha value is -3.85. The Labute approximate surface area is 198 Å². The van der Waals surface area contributed by atoms with Gasteiger partial charge in [-0.2, -0.15) is 0 Å². The second-order valence-corrected chi connectivity index (χ2v) is 9.81. The molecule has 1 aliphatic heterocycles. The van der Waals surface area contributed by atoms with Crippen molar-refractivity contribution < 1.29 is 27.5 Å². The number of hydrogen-bond donors (Lipinski definition) is 1. The predicted octanol–water partition coefficient (Wildman–Crippen LogP) is 3.59. The van der Waals surface area contributed by atoms with Crippen LogP contribution < -0.4 is 19.7 Å². The number of para-hydroxylation sites is 2. The third-order valence-corrected chi connectivity index (χ3v) is 7.78. The van der Waals surface area contributed by atoms with Gasteiger partial charge in [-0.3, -0.25) is 9.59 Å². The standard InChI is InChI=1S/C25H24N2O6S/c1-32-20-13-12-17(14-21(20)33-2)23-15-25(29)27(16-24(28)26-18-8-4-3-5-9-18)19-10-6-7-11-22(19)34(23,30)31/h3-14,23H,15-16H2,1-2H3,(H,26,28)/t23-/m0/s1. The number of benzene rings is 3. The van der Waals surface area contributed by atoms with Gasteiger partial charge in [0.1, 0.15) is 6.54 Å². The lowest BCUT2D eigenvalue weighted by Gasteiger charge is -2.21. The fraction of sp³-hybridized carbons (Fsp3) is 0.200. The van der Waals surface area contributed by atoms with Gasteiger partial charge in [0.05, 0.1) is 30.1 Å². The van der Waals surface area contributed by atoms with Gasteiger partial charge in [0, 0.05) is 12.1 Å². The summed E-state index contributed by atoms with van der Waals surface area (Å²) >= 11 is 0. The number of nitrogens with zero attached hydrogens (tertiary/aromatic N) is 1. The van der Waals surface area contributed by atoms with Crippen molar-refractivity contribution >= 4 is 33.0 Å². The van der Waals surface area contributed by atoms with Gasteiger partial charge in [-0.15, -0.1) is 0 Å². The molecule has 3 aromatic rings. The number of sulfone groups is 1.